The van der Waals surface area contributed by atoms with E-state index in [1.165, 1.54) is 6.42 Å². The Kier molecular flexibility index (Phi) is 7.93. The number of piperazine rings is 1. The number of anilines is 1. The third-order valence-electron chi connectivity index (χ3n) is 5.81. The van der Waals surface area contributed by atoms with Crippen molar-refractivity contribution in [1.82, 2.24) is 9.80 Å². The van der Waals surface area contributed by atoms with Gasteiger partial charge in [0.05, 0.1) is 7.11 Å². The van der Waals surface area contributed by atoms with E-state index in [-0.39, 0.29) is 11.8 Å². The van der Waals surface area contributed by atoms with Gasteiger partial charge in [-0.2, -0.15) is 0 Å². The molecule has 0 radical (unpaired) electrons. The van der Waals surface area contributed by atoms with Gasteiger partial charge in [-0.1, -0.05) is 19.4 Å². The molecule has 0 bridgehead atoms. The van der Waals surface area contributed by atoms with E-state index in [1.54, 1.807) is 24.1 Å². The first kappa shape index (κ1) is 22.7. The quantitative estimate of drug-likeness (QED) is 0.646. The molecule has 0 aromatic heterocycles. The zero-order valence-electron chi connectivity index (χ0n) is 18.8. The third kappa shape index (κ3) is 5.57. The van der Waals surface area contributed by atoms with Gasteiger partial charge in [0.25, 0.3) is 11.8 Å². The molecule has 0 atom stereocenters. The number of hydrogen-bond donors (Lipinski definition) is 0. The molecule has 2 aromatic rings. The summed E-state index contributed by atoms with van der Waals surface area (Å²) in [4.78, 5) is 31.7. The number of hydrogen-bond acceptors (Lipinski definition) is 4. The third-order valence-corrected chi connectivity index (χ3v) is 5.81. The van der Waals surface area contributed by atoms with Crippen molar-refractivity contribution in [2.75, 3.05) is 51.3 Å². The summed E-state index contributed by atoms with van der Waals surface area (Å²) in [6, 6.07) is 15.1. The van der Waals surface area contributed by atoms with E-state index in [2.05, 4.69) is 18.7 Å². The highest BCUT2D eigenvalue weighted by Gasteiger charge is 2.25. The first-order chi connectivity index (χ1) is 15.1. The van der Waals surface area contributed by atoms with Crippen LogP contribution in [0.2, 0.25) is 0 Å². The molecule has 166 valence electrons. The van der Waals surface area contributed by atoms with Crippen molar-refractivity contribution >= 4 is 17.5 Å². The van der Waals surface area contributed by atoms with Crippen molar-refractivity contribution in [3.8, 4) is 5.75 Å². The molecule has 31 heavy (non-hydrogen) atoms. The molecule has 3 rings (SSSR count). The van der Waals surface area contributed by atoms with Gasteiger partial charge in [-0.25, -0.2) is 0 Å². The number of ether oxygens (including phenoxy) is 1. The van der Waals surface area contributed by atoms with Crippen molar-refractivity contribution < 1.29 is 14.3 Å². The second-order valence-electron chi connectivity index (χ2n) is 7.80. The van der Waals surface area contributed by atoms with Gasteiger partial charge >= 0.3 is 0 Å². The lowest BCUT2D eigenvalue weighted by Crippen LogP contribution is -2.50. The molecule has 2 aromatic carbocycles. The van der Waals surface area contributed by atoms with Crippen LogP contribution in [0.25, 0.3) is 0 Å². The lowest BCUT2D eigenvalue weighted by molar-refractivity contribution is 0.0535. The molecule has 6 nitrogen and oxygen atoms in total. The number of nitrogens with zero attached hydrogens (tertiary/aromatic N) is 3. The van der Waals surface area contributed by atoms with Crippen LogP contribution in [0.4, 0.5) is 5.69 Å². The van der Waals surface area contributed by atoms with E-state index in [0.717, 1.165) is 25.2 Å². The maximum absolute atomic E-state index is 12.9. The summed E-state index contributed by atoms with van der Waals surface area (Å²) >= 11 is 0. The Labute approximate surface area is 185 Å². The van der Waals surface area contributed by atoms with Crippen LogP contribution in [0, 0.1) is 0 Å². The number of carbonyl (C=O) groups excluding carboxylic acids is 2. The smallest absolute Gasteiger partial charge is 0.254 e. The molecule has 6 heteroatoms. The summed E-state index contributed by atoms with van der Waals surface area (Å²) < 4.78 is 5.21. The number of benzene rings is 2. The topological polar surface area (TPSA) is 53.1 Å². The van der Waals surface area contributed by atoms with Gasteiger partial charge in [-0.05, 0) is 55.8 Å². The minimum atomic E-state index is -0.0258. The largest absolute Gasteiger partial charge is 0.497 e. The zero-order valence-corrected chi connectivity index (χ0v) is 18.8. The van der Waals surface area contributed by atoms with Crippen LogP contribution in [-0.4, -0.2) is 68.0 Å². The van der Waals surface area contributed by atoms with Gasteiger partial charge in [0.1, 0.15) is 5.75 Å². The molecule has 2 amide bonds. The SMILES string of the molecule is CCCCN(CC)c1ccc(C(=O)N2CCN(C(=O)c3cccc(OC)c3)CC2)cc1. The summed E-state index contributed by atoms with van der Waals surface area (Å²) in [5.41, 5.74) is 2.46. The molecule has 0 aliphatic carbocycles. The van der Waals surface area contributed by atoms with Crippen molar-refractivity contribution in [1.29, 1.82) is 0 Å². The molecule has 0 spiro atoms. The molecule has 1 heterocycles. The maximum atomic E-state index is 12.9. The molecule has 1 fully saturated rings. The van der Waals surface area contributed by atoms with Crippen molar-refractivity contribution in [3.05, 3.63) is 59.7 Å². The molecular weight excluding hydrogens is 390 g/mol. The Morgan fingerprint density at radius 3 is 2.06 bits per heavy atom. The van der Waals surface area contributed by atoms with E-state index >= 15 is 0 Å². The highest BCUT2D eigenvalue weighted by atomic mass is 16.5. The number of carbonyl (C=O) groups is 2. The molecule has 1 aliphatic heterocycles. The Morgan fingerprint density at radius 2 is 1.52 bits per heavy atom. The maximum Gasteiger partial charge on any atom is 0.254 e. The van der Waals surface area contributed by atoms with Crippen LogP contribution in [0.5, 0.6) is 5.75 Å². The number of methoxy groups -OCH3 is 1. The standard InChI is InChI=1S/C25H33N3O3/c1-4-6-14-26(5-2)22-12-10-20(11-13-22)24(29)27-15-17-28(18-16-27)25(30)21-8-7-9-23(19-21)31-3/h7-13,19H,4-6,14-18H2,1-3H3. The Balaban J connectivity index is 1.57. The Morgan fingerprint density at radius 1 is 0.903 bits per heavy atom. The second kappa shape index (κ2) is 10.8. The first-order valence-electron chi connectivity index (χ1n) is 11.1. The fourth-order valence-corrected chi connectivity index (χ4v) is 3.87. The molecule has 1 saturated heterocycles. The molecule has 0 unspecified atom stereocenters. The lowest BCUT2D eigenvalue weighted by Gasteiger charge is -2.35. The summed E-state index contributed by atoms with van der Waals surface area (Å²) in [6.45, 7) is 8.46. The molecular formula is C25H33N3O3. The van der Waals surface area contributed by atoms with E-state index < -0.39 is 0 Å². The van der Waals surface area contributed by atoms with E-state index in [4.69, 9.17) is 4.74 Å². The van der Waals surface area contributed by atoms with E-state index in [1.807, 2.05) is 41.3 Å². The number of unbranched alkanes of at least 4 members (excludes halogenated alkanes) is 1. The van der Waals surface area contributed by atoms with Gasteiger partial charge < -0.3 is 19.4 Å². The first-order valence-corrected chi connectivity index (χ1v) is 11.1. The van der Waals surface area contributed by atoms with Crippen LogP contribution in [0.1, 0.15) is 47.4 Å². The van der Waals surface area contributed by atoms with Gasteiger partial charge in [-0.15, -0.1) is 0 Å². The summed E-state index contributed by atoms with van der Waals surface area (Å²) in [5, 5.41) is 0. The van der Waals surface area contributed by atoms with Gasteiger partial charge in [0, 0.05) is 56.1 Å². The summed E-state index contributed by atoms with van der Waals surface area (Å²) in [5.74, 6) is 0.665. The lowest BCUT2D eigenvalue weighted by atomic mass is 10.1. The summed E-state index contributed by atoms with van der Waals surface area (Å²) in [7, 11) is 1.59. The Hall–Kier alpha value is -3.02. The van der Waals surface area contributed by atoms with Gasteiger partial charge in [0.15, 0.2) is 0 Å². The fraction of sp³-hybridized carbons (Fsp3) is 0.440. The second-order valence-corrected chi connectivity index (χ2v) is 7.80. The van der Waals surface area contributed by atoms with Crippen molar-refractivity contribution in [2.45, 2.75) is 26.7 Å². The predicted molar refractivity (Wildman–Crippen MR) is 124 cm³/mol. The van der Waals surface area contributed by atoms with Crippen molar-refractivity contribution in [2.24, 2.45) is 0 Å². The van der Waals surface area contributed by atoms with E-state index in [9.17, 15) is 9.59 Å². The van der Waals surface area contributed by atoms with Crippen LogP contribution in [0.15, 0.2) is 48.5 Å². The number of amides is 2. The Bertz CT molecular complexity index is 874. The van der Waals surface area contributed by atoms with E-state index in [0.29, 0.717) is 43.1 Å². The molecule has 0 saturated carbocycles. The molecule has 0 N–H and O–H groups in total. The highest BCUT2D eigenvalue weighted by Crippen LogP contribution is 2.19. The minimum absolute atomic E-state index is 0.0247. The average molecular weight is 424 g/mol. The highest BCUT2D eigenvalue weighted by molar-refractivity contribution is 5.96. The average Bonchev–Trinajstić information content (AvgIpc) is 2.84. The van der Waals surface area contributed by atoms with Crippen LogP contribution in [-0.2, 0) is 0 Å². The van der Waals surface area contributed by atoms with Gasteiger partial charge in [-0.3, -0.25) is 9.59 Å². The molecule has 1 aliphatic rings. The minimum Gasteiger partial charge on any atom is -0.497 e. The zero-order chi connectivity index (χ0) is 22.2. The van der Waals surface area contributed by atoms with Crippen molar-refractivity contribution in [3.63, 3.8) is 0 Å². The van der Waals surface area contributed by atoms with Gasteiger partial charge in [0.2, 0.25) is 0 Å². The van der Waals surface area contributed by atoms with Crippen LogP contribution >= 0.6 is 0 Å². The number of rotatable bonds is 8. The predicted octanol–water partition coefficient (Wildman–Crippen LogP) is 3.92. The van der Waals surface area contributed by atoms with Crippen LogP contribution < -0.4 is 9.64 Å². The monoisotopic (exact) mass is 423 g/mol. The normalized spacial score (nSPS) is 13.8. The van der Waals surface area contributed by atoms with Crippen LogP contribution in [0.3, 0.4) is 0 Å². The fourth-order valence-electron chi connectivity index (χ4n) is 3.87. The summed E-state index contributed by atoms with van der Waals surface area (Å²) in [6.07, 6.45) is 2.33.